The van der Waals surface area contributed by atoms with Crippen LogP contribution in [0.25, 0.3) is 0 Å². The Kier molecular flexibility index (Phi) is 3.83. The molecule has 0 aliphatic rings. The lowest BCUT2D eigenvalue weighted by atomic mass is 10.0. The van der Waals surface area contributed by atoms with E-state index in [0.29, 0.717) is 5.56 Å². The average molecular weight is 242 g/mol. The summed E-state index contributed by atoms with van der Waals surface area (Å²) in [4.78, 5) is 11.7. The largest absolute Gasteiger partial charge is 0.294 e. The molecule has 4 nitrogen and oxygen atoms in total. The van der Waals surface area contributed by atoms with E-state index in [1.54, 1.807) is 13.0 Å². The number of Topliss-reactive ketones (excluding diaryl/α,β-unsaturated/α-hetero) is 1. The van der Waals surface area contributed by atoms with E-state index in [0.717, 1.165) is 11.1 Å². The SMILES string of the molecule is Cc1ccc(C)c(C(=O)CCS(=O)(=O)O)c1. The minimum absolute atomic E-state index is 0.191. The zero-order valence-electron chi connectivity index (χ0n) is 9.23. The summed E-state index contributed by atoms with van der Waals surface area (Å²) in [5.74, 6) is -0.794. The molecule has 0 heterocycles. The molecule has 0 amide bonds. The van der Waals surface area contributed by atoms with Crippen molar-refractivity contribution in [3.63, 3.8) is 0 Å². The average Bonchev–Trinajstić information content (AvgIpc) is 2.17. The molecule has 0 bridgehead atoms. The van der Waals surface area contributed by atoms with Gasteiger partial charge in [0.05, 0.1) is 5.75 Å². The number of carbonyl (C=O) groups is 1. The van der Waals surface area contributed by atoms with Gasteiger partial charge in [0.1, 0.15) is 0 Å². The van der Waals surface area contributed by atoms with Gasteiger partial charge in [0.15, 0.2) is 5.78 Å². The van der Waals surface area contributed by atoms with Crippen LogP contribution >= 0.6 is 0 Å². The topological polar surface area (TPSA) is 71.4 Å². The fourth-order valence-electron chi connectivity index (χ4n) is 1.39. The predicted molar refractivity (Wildman–Crippen MR) is 61.3 cm³/mol. The van der Waals surface area contributed by atoms with Gasteiger partial charge in [-0.1, -0.05) is 17.7 Å². The Morgan fingerprint density at radius 2 is 1.94 bits per heavy atom. The summed E-state index contributed by atoms with van der Waals surface area (Å²) >= 11 is 0. The maximum Gasteiger partial charge on any atom is 0.265 e. The van der Waals surface area contributed by atoms with Crippen molar-refractivity contribution in [3.05, 3.63) is 34.9 Å². The highest BCUT2D eigenvalue weighted by Crippen LogP contribution is 2.13. The molecule has 0 radical (unpaired) electrons. The zero-order valence-corrected chi connectivity index (χ0v) is 10.0. The highest BCUT2D eigenvalue weighted by atomic mass is 32.2. The van der Waals surface area contributed by atoms with Gasteiger partial charge in [0.25, 0.3) is 10.1 Å². The second-order valence-electron chi connectivity index (χ2n) is 3.78. The van der Waals surface area contributed by atoms with Crippen LogP contribution in [0.5, 0.6) is 0 Å². The molecule has 1 N–H and O–H groups in total. The molecule has 0 saturated heterocycles. The van der Waals surface area contributed by atoms with E-state index in [4.69, 9.17) is 4.55 Å². The number of carbonyl (C=O) groups excluding carboxylic acids is 1. The van der Waals surface area contributed by atoms with E-state index in [1.165, 1.54) is 0 Å². The minimum atomic E-state index is -4.07. The first-order valence-corrected chi connectivity index (χ1v) is 6.46. The maximum atomic E-state index is 11.7. The van der Waals surface area contributed by atoms with E-state index in [9.17, 15) is 13.2 Å². The van der Waals surface area contributed by atoms with Crippen molar-refractivity contribution in [3.8, 4) is 0 Å². The molecular formula is C11H14O4S. The van der Waals surface area contributed by atoms with E-state index in [2.05, 4.69) is 0 Å². The van der Waals surface area contributed by atoms with Crippen molar-refractivity contribution in [2.75, 3.05) is 5.75 Å². The maximum absolute atomic E-state index is 11.7. The Morgan fingerprint density at radius 3 is 2.50 bits per heavy atom. The number of ketones is 1. The molecule has 1 rings (SSSR count). The second-order valence-corrected chi connectivity index (χ2v) is 5.35. The molecule has 1 aromatic rings. The first-order valence-electron chi connectivity index (χ1n) is 4.85. The van der Waals surface area contributed by atoms with Crippen LogP contribution in [0, 0.1) is 13.8 Å². The fraction of sp³-hybridized carbons (Fsp3) is 0.364. The van der Waals surface area contributed by atoms with Gasteiger partial charge in [-0.05, 0) is 25.5 Å². The standard InChI is InChI=1S/C11H14O4S/c1-8-3-4-9(2)10(7-8)11(12)5-6-16(13,14)15/h3-4,7H,5-6H2,1-2H3,(H,13,14,15). The zero-order chi connectivity index (χ0) is 12.3. The highest BCUT2D eigenvalue weighted by molar-refractivity contribution is 7.85. The normalized spacial score (nSPS) is 11.4. The lowest BCUT2D eigenvalue weighted by Gasteiger charge is -2.05. The van der Waals surface area contributed by atoms with Crippen molar-refractivity contribution in [2.45, 2.75) is 20.3 Å². The monoisotopic (exact) mass is 242 g/mol. The van der Waals surface area contributed by atoms with E-state index in [-0.39, 0.29) is 12.2 Å². The third-order valence-corrected chi connectivity index (χ3v) is 3.00. The molecule has 1 aromatic carbocycles. The van der Waals surface area contributed by atoms with Crippen LogP contribution in [0.1, 0.15) is 27.9 Å². The molecule has 5 heteroatoms. The van der Waals surface area contributed by atoms with Crippen LogP contribution in [0.4, 0.5) is 0 Å². The molecule has 0 unspecified atom stereocenters. The molecule has 0 atom stereocenters. The summed E-state index contributed by atoms with van der Waals surface area (Å²) in [6.07, 6.45) is -0.191. The van der Waals surface area contributed by atoms with Crippen molar-refractivity contribution >= 4 is 15.9 Å². The Hall–Kier alpha value is -1.20. The Labute approximate surface area is 95.0 Å². The third kappa shape index (κ3) is 3.75. The number of rotatable bonds is 4. The molecular weight excluding hydrogens is 228 g/mol. The van der Waals surface area contributed by atoms with Crippen LogP contribution in [-0.4, -0.2) is 24.5 Å². The summed E-state index contributed by atoms with van der Waals surface area (Å²) in [5.41, 5.74) is 2.27. The van der Waals surface area contributed by atoms with Gasteiger partial charge in [0, 0.05) is 12.0 Å². The van der Waals surface area contributed by atoms with Gasteiger partial charge < -0.3 is 0 Å². The smallest absolute Gasteiger partial charge is 0.265 e. The first-order chi connectivity index (χ1) is 7.29. The minimum Gasteiger partial charge on any atom is -0.294 e. The van der Waals surface area contributed by atoms with Gasteiger partial charge in [-0.25, -0.2) is 0 Å². The number of hydrogen-bond acceptors (Lipinski definition) is 3. The lowest BCUT2D eigenvalue weighted by Crippen LogP contribution is -2.11. The number of hydrogen-bond donors (Lipinski definition) is 1. The van der Waals surface area contributed by atoms with E-state index < -0.39 is 15.9 Å². The Morgan fingerprint density at radius 1 is 1.31 bits per heavy atom. The van der Waals surface area contributed by atoms with Gasteiger partial charge in [-0.15, -0.1) is 0 Å². The summed E-state index contributed by atoms with van der Waals surface area (Å²) in [5, 5.41) is 0. The molecule has 0 aliphatic carbocycles. The van der Waals surface area contributed by atoms with E-state index >= 15 is 0 Å². The molecule has 0 fully saturated rings. The Balaban J connectivity index is 2.85. The van der Waals surface area contributed by atoms with Crippen LogP contribution in [-0.2, 0) is 10.1 Å². The van der Waals surface area contributed by atoms with Crippen LogP contribution in [0.2, 0.25) is 0 Å². The van der Waals surface area contributed by atoms with E-state index in [1.807, 2.05) is 19.1 Å². The van der Waals surface area contributed by atoms with Crippen LogP contribution in [0.15, 0.2) is 18.2 Å². The van der Waals surface area contributed by atoms with Crippen molar-refractivity contribution in [1.82, 2.24) is 0 Å². The van der Waals surface area contributed by atoms with Crippen LogP contribution in [0.3, 0.4) is 0 Å². The lowest BCUT2D eigenvalue weighted by molar-refractivity contribution is 0.0987. The molecule has 88 valence electrons. The molecule has 0 spiro atoms. The van der Waals surface area contributed by atoms with Gasteiger partial charge in [0.2, 0.25) is 0 Å². The molecule has 0 saturated carbocycles. The van der Waals surface area contributed by atoms with Gasteiger partial charge in [-0.2, -0.15) is 8.42 Å². The Bertz CT molecular complexity index is 503. The predicted octanol–water partition coefficient (Wildman–Crippen LogP) is 1.76. The molecule has 16 heavy (non-hydrogen) atoms. The van der Waals surface area contributed by atoms with Gasteiger partial charge >= 0.3 is 0 Å². The van der Waals surface area contributed by atoms with Crippen molar-refractivity contribution < 1.29 is 17.8 Å². The summed E-state index contributed by atoms with van der Waals surface area (Å²) in [6.45, 7) is 3.65. The number of benzene rings is 1. The second kappa shape index (κ2) is 4.76. The first kappa shape index (κ1) is 12.9. The molecule has 0 aliphatic heterocycles. The molecule has 0 aromatic heterocycles. The summed E-state index contributed by atoms with van der Waals surface area (Å²) in [6, 6.07) is 5.42. The summed E-state index contributed by atoms with van der Waals surface area (Å²) < 4.78 is 29.6. The van der Waals surface area contributed by atoms with Crippen LogP contribution < -0.4 is 0 Å². The summed E-state index contributed by atoms with van der Waals surface area (Å²) in [7, 11) is -4.07. The highest BCUT2D eigenvalue weighted by Gasteiger charge is 2.13. The fourth-order valence-corrected chi connectivity index (χ4v) is 1.84. The van der Waals surface area contributed by atoms with Crippen molar-refractivity contribution in [1.29, 1.82) is 0 Å². The van der Waals surface area contributed by atoms with Gasteiger partial charge in [-0.3, -0.25) is 9.35 Å². The quantitative estimate of drug-likeness (QED) is 0.645. The number of aryl methyl sites for hydroxylation is 2. The van der Waals surface area contributed by atoms with Crippen molar-refractivity contribution in [2.24, 2.45) is 0 Å². The third-order valence-electron chi connectivity index (χ3n) is 2.28.